The van der Waals surface area contributed by atoms with Crippen molar-refractivity contribution in [1.82, 2.24) is 19.7 Å². The number of hydrogen-bond donors (Lipinski definition) is 0. The number of carbonyl (C=O) groups excluding carboxylic acids is 1. The van der Waals surface area contributed by atoms with E-state index in [4.69, 9.17) is 0 Å². The normalized spacial score (nSPS) is 17.2. The molecule has 0 spiro atoms. The zero-order chi connectivity index (χ0) is 22.8. The second kappa shape index (κ2) is 9.65. The lowest BCUT2D eigenvalue weighted by atomic mass is 10.1. The molecule has 3 aromatic rings. The molecule has 0 saturated carbocycles. The Bertz CT molecular complexity index is 1130. The summed E-state index contributed by atoms with van der Waals surface area (Å²) in [5, 5.41) is 9.27. The molecular weight excluding hydrogens is 437 g/mol. The first-order valence-corrected chi connectivity index (χ1v) is 12.5. The fourth-order valence-electron chi connectivity index (χ4n) is 4.64. The van der Waals surface area contributed by atoms with Crippen molar-refractivity contribution in [3.05, 3.63) is 65.7 Å². The first-order valence-electron chi connectivity index (χ1n) is 11.6. The van der Waals surface area contributed by atoms with E-state index in [0.29, 0.717) is 18.2 Å². The molecule has 1 unspecified atom stereocenters. The molecule has 1 fully saturated rings. The van der Waals surface area contributed by atoms with Crippen molar-refractivity contribution in [1.29, 1.82) is 0 Å². The van der Waals surface area contributed by atoms with Crippen LogP contribution in [-0.4, -0.2) is 50.5 Å². The highest BCUT2D eigenvalue weighted by Crippen LogP contribution is 2.32. The maximum atomic E-state index is 13.6. The number of thioether (sulfide) groups is 1. The molecule has 0 bridgehead atoms. The summed E-state index contributed by atoms with van der Waals surface area (Å²) in [5.74, 6) is 0.600. The van der Waals surface area contributed by atoms with E-state index in [1.54, 1.807) is 12.1 Å². The first kappa shape index (κ1) is 22.1. The predicted molar refractivity (Wildman–Crippen MR) is 128 cm³/mol. The molecule has 3 heterocycles. The quantitative estimate of drug-likeness (QED) is 0.503. The Labute approximate surface area is 197 Å². The lowest BCUT2D eigenvalue weighted by Gasteiger charge is -2.26. The average Bonchev–Trinajstić information content (AvgIpc) is 3.44. The Morgan fingerprint density at radius 2 is 1.79 bits per heavy atom. The summed E-state index contributed by atoms with van der Waals surface area (Å²) in [6, 6.07) is 14.5. The minimum Gasteiger partial charge on any atom is -0.311 e. The number of likely N-dealkylation sites (tertiary alicyclic amines) is 1. The fraction of sp³-hybridized carbons (Fsp3) is 0.400. The molecule has 1 saturated heterocycles. The molecule has 0 radical (unpaired) electrons. The summed E-state index contributed by atoms with van der Waals surface area (Å²) in [5.41, 5.74) is 3.02. The van der Waals surface area contributed by atoms with Gasteiger partial charge in [-0.05, 0) is 75.2 Å². The highest BCUT2D eigenvalue weighted by molar-refractivity contribution is 8.00. The predicted octanol–water partition coefficient (Wildman–Crippen LogP) is 4.46. The fourth-order valence-corrected chi connectivity index (χ4v) is 5.59. The molecule has 0 aliphatic carbocycles. The highest BCUT2D eigenvalue weighted by Gasteiger charge is 2.30. The van der Waals surface area contributed by atoms with Crippen LogP contribution in [0.15, 0.2) is 53.7 Å². The summed E-state index contributed by atoms with van der Waals surface area (Å²) < 4.78 is 15.6. The van der Waals surface area contributed by atoms with E-state index in [1.807, 2.05) is 34.6 Å². The van der Waals surface area contributed by atoms with E-state index in [0.717, 1.165) is 36.7 Å². The second-order valence-electron chi connectivity index (χ2n) is 8.68. The Morgan fingerprint density at radius 3 is 2.58 bits per heavy atom. The number of halogens is 1. The van der Waals surface area contributed by atoms with Crippen LogP contribution in [0, 0.1) is 5.82 Å². The van der Waals surface area contributed by atoms with Gasteiger partial charge in [-0.3, -0.25) is 14.3 Å². The lowest BCUT2D eigenvalue weighted by molar-refractivity contribution is -0.117. The van der Waals surface area contributed by atoms with Crippen LogP contribution in [0.2, 0.25) is 0 Å². The van der Waals surface area contributed by atoms with Crippen molar-refractivity contribution >= 4 is 23.4 Å². The highest BCUT2D eigenvalue weighted by atomic mass is 32.2. The minimum atomic E-state index is -0.331. The van der Waals surface area contributed by atoms with E-state index < -0.39 is 0 Å². The van der Waals surface area contributed by atoms with Crippen molar-refractivity contribution in [2.45, 2.75) is 49.6 Å². The van der Waals surface area contributed by atoms with Crippen LogP contribution in [0.25, 0.3) is 5.69 Å². The third-order valence-corrected chi connectivity index (χ3v) is 7.41. The number of carbonyl (C=O) groups is 1. The van der Waals surface area contributed by atoms with Gasteiger partial charge in [-0.15, -0.1) is 10.2 Å². The third kappa shape index (κ3) is 4.68. The van der Waals surface area contributed by atoms with E-state index in [1.165, 1.54) is 48.7 Å². The molecule has 0 N–H and O–H groups in total. The summed E-state index contributed by atoms with van der Waals surface area (Å²) in [4.78, 5) is 17.6. The number of aromatic nitrogens is 3. The van der Waals surface area contributed by atoms with Crippen LogP contribution in [0.5, 0.6) is 0 Å². The monoisotopic (exact) mass is 465 g/mol. The summed E-state index contributed by atoms with van der Waals surface area (Å²) in [6.45, 7) is 5.40. The molecule has 2 aliphatic heterocycles. The molecule has 1 atom stereocenters. The van der Waals surface area contributed by atoms with Crippen LogP contribution < -0.4 is 4.90 Å². The van der Waals surface area contributed by atoms with E-state index in [-0.39, 0.29) is 17.0 Å². The Balaban J connectivity index is 1.40. The Morgan fingerprint density at radius 1 is 1.03 bits per heavy atom. The van der Waals surface area contributed by atoms with Crippen LogP contribution in [0.3, 0.4) is 0 Å². The smallest absolute Gasteiger partial charge is 0.240 e. The maximum absolute atomic E-state index is 13.6. The molecular formula is C25H28FN5OS. The average molecular weight is 466 g/mol. The number of hydrogen-bond acceptors (Lipinski definition) is 5. The van der Waals surface area contributed by atoms with Gasteiger partial charge in [0.05, 0.1) is 11.8 Å². The molecule has 2 aliphatic rings. The SMILES string of the molecule is CC(Sc1nnc(CN2CCCCC2)n1-c1ccc(F)cc1)C(=O)N1CCc2ccccc21. The zero-order valence-electron chi connectivity index (χ0n) is 18.8. The van der Waals surface area contributed by atoms with Crippen molar-refractivity contribution in [2.75, 3.05) is 24.5 Å². The zero-order valence-corrected chi connectivity index (χ0v) is 19.6. The topological polar surface area (TPSA) is 54.3 Å². The van der Waals surface area contributed by atoms with Crippen molar-refractivity contribution in [3.63, 3.8) is 0 Å². The Hall–Kier alpha value is -2.71. The first-order chi connectivity index (χ1) is 16.1. The van der Waals surface area contributed by atoms with Gasteiger partial charge in [-0.2, -0.15) is 0 Å². The number of para-hydroxylation sites is 1. The van der Waals surface area contributed by atoms with Gasteiger partial charge in [0.15, 0.2) is 11.0 Å². The molecule has 6 nitrogen and oxygen atoms in total. The van der Waals surface area contributed by atoms with E-state index >= 15 is 0 Å². The number of anilines is 1. The van der Waals surface area contributed by atoms with Crippen LogP contribution in [-0.2, 0) is 17.8 Å². The molecule has 8 heteroatoms. The van der Waals surface area contributed by atoms with Gasteiger partial charge < -0.3 is 4.90 Å². The molecule has 5 rings (SSSR count). The molecule has 172 valence electrons. The molecule has 33 heavy (non-hydrogen) atoms. The van der Waals surface area contributed by atoms with E-state index in [2.05, 4.69) is 21.2 Å². The van der Waals surface area contributed by atoms with Crippen molar-refractivity contribution in [3.8, 4) is 5.69 Å². The van der Waals surface area contributed by atoms with Crippen LogP contribution >= 0.6 is 11.8 Å². The number of benzene rings is 2. The van der Waals surface area contributed by atoms with Gasteiger partial charge in [0, 0.05) is 17.9 Å². The number of amides is 1. The molecule has 1 amide bonds. The van der Waals surface area contributed by atoms with E-state index in [9.17, 15) is 9.18 Å². The number of piperidine rings is 1. The second-order valence-corrected chi connectivity index (χ2v) is 9.98. The number of rotatable bonds is 6. The Kier molecular flexibility index (Phi) is 6.46. The summed E-state index contributed by atoms with van der Waals surface area (Å²) in [7, 11) is 0. The van der Waals surface area contributed by atoms with Gasteiger partial charge in [0.1, 0.15) is 5.82 Å². The largest absolute Gasteiger partial charge is 0.311 e. The lowest BCUT2D eigenvalue weighted by Crippen LogP contribution is -2.35. The number of fused-ring (bicyclic) bond motifs is 1. The van der Waals surface area contributed by atoms with Crippen LogP contribution in [0.1, 0.15) is 37.6 Å². The van der Waals surface area contributed by atoms with Crippen molar-refractivity contribution < 1.29 is 9.18 Å². The van der Waals surface area contributed by atoms with Gasteiger partial charge >= 0.3 is 0 Å². The summed E-state index contributed by atoms with van der Waals surface area (Å²) >= 11 is 1.41. The summed E-state index contributed by atoms with van der Waals surface area (Å²) in [6.07, 6.45) is 4.52. The van der Waals surface area contributed by atoms with Crippen LogP contribution in [0.4, 0.5) is 10.1 Å². The number of nitrogens with zero attached hydrogens (tertiary/aromatic N) is 5. The maximum Gasteiger partial charge on any atom is 0.240 e. The molecule has 2 aromatic carbocycles. The standard InChI is InChI=1S/C25H28FN5OS/c1-18(24(32)30-16-13-19-7-3-4-8-22(19)30)33-25-28-27-23(17-29-14-5-2-6-15-29)31(25)21-11-9-20(26)10-12-21/h3-4,7-12,18H,2,5-6,13-17H2,1H3. The van der Waals surface area contributed by atoms with Gasteiger partial charge in [-0.1, -0.05) is 36.4 Å². The molecule has 1 aromatic heterocycles. The minimum absolute atomic E-state index is 0.0659. The third-order valence-electron chi connectivity index (χ3n) is 6.38. The van der Waals surface area contributed by atoms with Crippen molar-refractivity contribution in [2.24, 2.45) is 0 Å². The van der Waals surface area contributed by atoms with Gasteiger partial charge in [0.2, 0.25) is 5.91 Å². The van der Waals surface area contributed by atoms with Gasteiger partial charge in [0.25, 0.3) is 0 Å². The van der Waals surface area contributed by atoms with Gasteiger partial charge in [-0.25, -0.2) is 4.39 Å².